The average molecular weight is 385 g/mol. The molecule has 0 unspecified atom stereocenters. The Balaban J connectivity index is 1.32. The van der Waals surface area contributed by atoms with Gasteiger partial charge >= 0.3 is 0 Å². The van der Waals surface area contributed by atoms with Gasteiger partial charge in [-0.3, -0.25) is 4.90 Å². The summed E-state index contributed by atoms with van der Waals surface area (Å²) in [6.45, 7) is 3.81. The Kier molecular flexibility index (Phi) is 4.15. The molecule has 2 aliphatic heterocycles. The summed E-state index contributed by atoms with van der Waals surface area (Å²) in [4.78, 5) is 6.89. The van der Waals surface area contributed by atoms with E-state index in [1.165, 1.54) is 6.07 Å². The minimum atomic E-state index is -0.639. The van der Waals surface area contributed by atoms with Gasteiger partial charge in [0.05, 0.1) is 12.3 Å². The molecule has 0 spiro atoms. The number of rotatable bonds is 2. The highest BCUT2D eigenvalue weighted by Gasteiger charge is 2.37. The number of nitrogens with zero attached hydrogens (tertiary/aromatic N) is 4. The zero-order chi connectivity index (χ0) is 19.4. The number of nitrogens with two attached hydrogens (primary N) is 1. The highest BCUT2D eigenvalue weighted by molar-refractivity contribution is 5.52. The van der Waals surface area contributed by atoms with Crippen molar-refractivity contribution in [1.29, 1.82) is 0 Å². The highest BCUT2D eigenvalue weighted by Crippen LogP contribution is 2.34. The first-order valence-electron chi connectivity index (χ1n) is 9.39. The Morgan fingerprint density at radius 3 is 2.89 bits per heavy atom. The van der Waals surface area contributed by atoms with E-state index < -0.39 is 23.8 Å². The van der Waals surface area contributed by atoms with Crippen molar-refractivity contribution < 1.29 is 13.5 Å². The standard InChI is InChI=1S/C20H21F2N5O/c1-11-4-5-27-20(24-11)15-8-26(9-18(15)25-27)13-7-17(23)19(28-10-13)14-6-12(21)2-3-16(14)22/h2-6,13,17,19H,7-10,23H2,1H3/t13-,17+,19-/m1/s1. The molecule has 1 fully saturated rings. The van der Waals surface area contributed by atoms with Gasteiger partial charge in [0.25, 0.3) is 0 Å². The molecule has 2 aromatic heterocycles. The Hall–Kier alpha value is -2.42. The van der Waals surface area contributed by atoms with E-state index >= 15 is 0 Å². The van der Waals surface area contributed by atoms with E-state index in [0.717, 1.165) is 41.3 Å². The van der Waals surface area contributed by atoms with E-state index in [4.69, 9.17) is 10.5 Å². The molecule has 28 heavy (non-hydrogen) atoms. The first-order valence-corrected chi connectivity index (χ1v) is 9.39. The van der Waals surface area contributed by atoms with Crippen LogP contribution in [-0.4, -0.2) is 38.2 Å². The summed E-state index contributed by atoms with van der Waals surface area (Å²) < 4.78 is 35.4. The third kappa shape index (κ3) is 2.88. The SMILES string of the molecule is Cc1ccn2nc3c(c2n1)CN([C@H]1CO[C@H](c2cc(F)ccc2F)[C@@H](N)C1)C3. The predicted octanol–water partition coefficient (Wildman–Crippen LogP) is 2.49. The number of aryl methyl sites for hydroxylation is 1. The summed E-state index contributed by atoms with van der Waals surface area (Å²) in [7, 11) is 0. The van der Waals surface area contributed by atoms with Gasteiger partial charge in [-0.2, -0.15) is 5.10 Å². The molecular formula is C20H21F2N5O. The van der Waals surface area contributed by atoms with E-state index in [2.05, 4.69) is 15.0 Å². The molecule has 2 aliphatic rings. The molecule has 1 saturated heterocycles. The van der Waals surface area contributed by atoms with Crippen LogP contribution in [0.3, 0.4) is 0 Å². The third-order valence-corrected chi connectivity index (χ3v) is 5.70. The summed E-state index contributed by atoms with van der Waals surface area (Å²) in [5.41, 5.74) is 10.5. The van der Waals surface area contributed by atoms with Crippen LogP contribution in [0.1, 0.15) is 35.0 Å². The van der Waals surface area contributed by atoms with Gasteiger partial charge in [0, 0.05) is 48.2 Å². The van der Waals surface area contributed by atoms with Gasteiger partial charge in [-0.1, -0.05) is 0 Å². The molecule has 0 saturated carbocycles. The molecule has 3 aromatic rings. The van der Waals surface area contributed by atoms with E-state index in [1.807, 2.05) is 23.7 Å². The molecule has 3 atom stereocenters. The van der Waals surface area contributed by atoms with Gasteiger partial charge in [0.1, 0.15) is 17.7 Å². The van der Waals surface area contributed by atoms with Crippen molar-refractivity contribution in [2.75, 3.05) is 6.61 Å². The molecule has 1 aromatic carbocycles. The van der Waals surface area contributed by atoms with Crippen molar-refractivity contribution in [2.24, 2.45) is 5.73 Å². The topological polar surface area (TPSA) is 68.7 Å². The van der Waals surface area contributed by atoms with Crippen LogP contribution in [0.2, 0.25) is 0 Å². The predicted molar refractivity (Wildman–Crippen MR) is 98.4 cm³/mol. The van der Waals surface area contributed by atoms with Crippen LogP contribution < -0.4 is 5.73 Å². The maximum atomic E-state index is 14.1. The molecule has 2 N–H and O–H groups in total. The van der Waals surface area contributed by atoms with Crippen LogP contribution in [0.25, 0.3) is 5.65 Å². The van der Waals surface area contributed by atoms with Crippen molar-refractivity contribution in [3.05, 3.63) is 64.6 Å². The molecule has 0 radical (unpaired) electrons. The van der Waals surface area contributed by atoms with Crippen LogP contribution in [0.4, 0.5) is 8.78 Å². The lowest BCUT2D eigenvalue weighted by Crippen LogP contribution is -2.47. The Bertz CT molecular complexity index is 1050. The van der Waals surface area contributed by atoms with Gasteiger partial charge in [-0.25, -0.2) is 18.3 Å². The second-order valence-corrected chi connectivity index (χ2v) is 7.64. The number of ether oxygens (including phenoxy) is 1. The van der Waals surface area contributed by atoms with Crippen LogP contribution >= 0.6 is 0 Å². The lowest BCUT2D eigenvalue weighted by atomic mass is 9.93. The van der Waals surface area contributed by atoms with Crippen molar-refractivity contribution in [1.82, 2.24) is 19.5 Å². The number of halogens is 2. The minimum absolute atomic E-state index is 0.0990. The molecule has 4 heterocycles. The largest absolute Gasteiger partial charge is 0.370 e. The summed E-state index contributed by atoms with van der Waals surface area (Å²) in [5.74, 6) is -0.981. The monoisotopic (exact) mass is 385 g/mol. The third-order valence-electron chi connectivity index (χ3n) is 5.70. The molecule has 6 nitrogen and oxygen atoms in total. The van der Waals surface area contributed by atoms with Crippen molar-refractivity contribution >= 4 is 5.65 Å². The van der Waals surface area contributed by atoms with Crippen LogP contribution in [0.15, 0.2) is 30.5 Å². The summed E-state index contributed by atoms with van der Waals surface area (Å²) in [6.07, 6.45) is 1.93. The van der Waals surface area contributed by atoms with Crippen LogP contribution in [0.5, 0.6) is 0 Å². The molecule has 0 bridgehead atoms. The fourth-order valence-corrected chi connectivity index (χ4v) is 4.26. The smallest absolute Gasteiger partial charge is 0.159 e. The van der Waals surface area contributed by atoms with E-state index in [1.54, 1.807) is 0 Å². The van der Waals surface area contributed by atoms with Crippen molar-refractivity contribution in [3.8, 4) is 0 Å². The fraction of sp³-hybridized carbons (Fsp3) is 0.400. The first-order chi connectivity index (χ1) is 13.5. The molecular weight excluding hydrogens is 364 g/mol. The zero-order valence-corrected chi connectivity index (χ0v) is 15.5. The highest BCUT2D eigenvalue weighted by atomic mass is 19.1. The Morgan fingerprint density at radius 2 is 2.07 bits per heavy atom. The average Bonchev–Trinajstić information content (AvgIpc) is 3.22. The number of hydrogen-bond donors (Lipinski definition) is 1. The normalized spacial score (nSPS) is 25.4. The zero-order valence-electron chi connectivity index (χ0n) is 15.5. The van der Waals surface area contributed by atoms with Crippen LogP contribution in [-0.2, 0) is 17.8 Å². The van der Waals surface area contributed by atoms with Gasteiger partial charge in [0.15, 0.2) is 5.65 Å². The number of fused-ring (bicyclic) bond motifs is 3. The molecule has 146 valence electrons. The number of hydrogen-bond acceptors (Lipinski definition) is 5. The number of benzene rings is 1. The van der Waals surface area contributed by atoms with Gasteiger partial charge in [0.2, 0.25) is 0 Å². The van der Waals surface area contributed by atoms with E-state index in [-0.39, 0.29) is 11.6 Å². The van der Waals surface area contributed by atoms with Gasteiger partial charge in [-0.15, -0.1) is 0 Å². The quantitative estimate of drug-likeness (QED) is 0.734. The lowest BCUT2D eigenvalue weighted by molar-refractivity contribution is -0.0532. The second-order valence-electron chi connectivity index (χ2n) is 7.64. The molecule has 8 heteroatoms. The maximum absolute atomic E-state index is 14.1. The van der Waals surface area contributed by atoms with Crippen LogP contribution in [0, 0.1) is 18.6 Å². The molecule has 0 amide bonds. The Labute approximate surface area is 160 Å². The van der Waals surface area contributed by atoms with Crippen molar-refractivity contribution in [2.45, 2.75) is 44.6 Å². The number of aromatic nitrogens is 3. The minimum Gasteiger partial charge on any atom is -0.370 e. The van der Waals surface area contributed by atoms with Crippen molar-refractivity contribution in [3.63, 3.8) is 0 Å². The summed E-state index contributed by atoms with van der Waals surface area (Å²) >= 11 is 0. The first kappa shape index (κ1) is 17.7. The second kappa shape index (κ2) is 6.58. The summed E-state index contributed by atoms with van der Waals surface area (Å²) in [5, 5.41) is 4.63. The lowest BCUT2D eigenvalue weighted by Gasteiger charge is -2.38. The van der Waals surface area contributed by atoms with E-state index in [0.29, 0.717) is 19.6 Å². The van der Waals surface area contributed by atoms with Gasteiger partial charge in [-0.05, 0) is 37.6 Å². The van der Waals surface area contributed by atoms with E-state index in [9.17, 15) is 8.78 Å². The molecule has 0 aliphatic carbocycles. The Morgan fingerprint density at radius 1 is 1.21 bits per heavy atom. The molecule has 5 rings (SSSR count). The maximum Gasteiger partial charge on any atom is 0.159 e. The fourth-order valence-electron chi connectivity index (χ4n) is 4.26. The van der Waals surface area contributed by atoms with Gasteiger partial charge < -0.3 is 10.5 Å². The summed E-state index contributed by atoms with van der Waals surface area (Å²) in [6, 6.07) is 5.02.